The van der Waals surface area contributed by atoms with Crippen LogP contribution in [0.3, 0.4) is 0 Å². The van der Waals surface area contributed by atoms with Crippen LogP contribution >= 0.6 is 0 Å². The van der Waals surface area contributed by atoms with Gasteiger partial charge in [0.1, 0.15) is 18.1 Å². The van der Waals surface area contributed by atoms with Gasteiger partial charge in [0.2, 0.25) is 0 Å². The zero-order chi connectivity index (χ0) is 24.9. The number of carbonyl (C=O) groups excluding carboxylic acids is 2. The number of para-hydroxylation sites is 1. The molecule has 7 heteroatoms. The van der Waals surface area contributed by atoms with Gasteiger partial charge in [0, 0.05) is 23.1 Å². The highest BCUT2D eigenvalue weighted by Gasteiger charge is 2.24. The van der Waals surface area contributed by atoms with E-state index in [2.05, 4.69) is 12.2 Å². The highest BCUT2D eigenvalue weighted by Crippen LogP contribution is 2.29. The van der Waals surface area contributed by atoms with Crippen molar-refractivity contribution in [3.05, 3.63) is 65.2 Å². The lowest BCUT2D eigenvalue weighted by Crippen LogP contribution is -2.26. The van der Waals surface area contributed by atoms with Crippen LogP contribution in [0.15, 0.2) is 48.5 Å². The number of rotatable bonds is 9. The molecule has 0 fully saturated rings. The van der Waals surface area contributed by atoms with Crippen molar-refractivity contribution in [2.24, 2.45) is 5.41 Å². The lowest BCUT2D eigenvalue weighted by Gasteiger charge is -2.16. The van der Waals surface area contributed by atoms with Crippen molar-refractivity contribution in [3.8, 4) is 17.0 Å². The van der Waals surface area contributed by atoms with E-state index in [1.54, 1.807) is 30.0 Å². The number of methoxy groups -OCH3 is 1. The van der Waals surface area contributed by atoms with Gasteiger partial charge < -0.3 is 15.8 Å². The number of nitrogens with zero attached hydrogens (tertiary/aromatic N) is 2. The van der Waals surface area contributed by atoms with Crippen LogP contribution in [0.1, 0.15) is 55.6 Å². The zero-order valence-electron chi connectivity index (χ0n) is 20.6. The number of ketones is 1. The Bertz CT molecular complexity index is 1160. The summed E-state index contributed by atoms with van der Waals surface area (Å²) in [6.45, 7) is 8.32. The lowest BCUT2D eigenvalue weighted by molar-refractivity contribution is -0.127. The van der Waals surface area contributed by atoms with E-state index in [1.165, 1.54) is 0 Å². The van der Waals surface area contributed by atoms with Crippen LogP contribution in [-0.4, -0.2) is 28.6 Å². The number of hydrogen-bond acceptors (Lipinski definition) is 5. The van der Waals surface area contributed by atoms with Crippen LogP contribution in [0.5, 0.6) is 5.75 Å². The average molecular weight is 463 g/mol. The van der Waals surface area contributed by atoms with Crippen molar-refractivity contribution in [1.82, 2.24) is 15.1 Å². The summed E-state index contributed by atoms with van der Waals surface area (Å²) in [6.07, 6.45) is 1.70. The first-order valence-corrected chi connectivity index (χ1v) is 11.5. The summed E-state index contributed by atoms with van der Waals surface area (Å²) >= 11 is 0. The van der Waals surface area contributed by atoms with Gasteiger partial charge in [-0.1, -0.05) is 70.5 Å². The molecule has 1 aromatic heterocycles. The number of aromatic nitrogens is 2. The van der Waals surface area contributed by atoms with Gasteiger partial charge in [0.25, 0.3) is 5.91 Å². The molecular weight excluding hydrogens is 428 g/mol. The molecule has 1 amide bonds. The molecule has 0 unspecified atom stereocenters. The first-order chi connectivity index (χ1) is 16.2. The van der Waals surface area contributed by atoms with E-state index in [4.69, 9.17) is 15.6 Å². The summed E-state index contributed by atoms with van der Waals surface area (Å²) in [5.41, 5.74) is 10.1. The molecule has 0 aliphatic rings. The van der Waals surface area contributed by atoms with Crippen LogP contribution in [0.2, 0.25) is 0 Å². The van der Waals surface area contributed by atoms with Crippen molar-refractivity contribution >= 4 is 17.5 Å². The summed E-state index contributed by atoms with van der Waals surface area (Å²) in [5.74, 6) is 0.971. The van der Waals surface area contributed by atoms with E-state index in [0.29, 0.717) is 23.7 Å². The molecule has 0 saturated carbocycles. The molecule has 0 atom stereocenters. The van der Waals surface area contributed by atoms with Crippen molar-refractivity contribution < 1.29 is 14.3 Å². The summed E-state index contributed by atoms with van der Waals surface area (Å²) in [5, 5.41) is 7.64. The molecule has 3 rings (SSSR count). The number of anilines is 1. The maximum absolute atomic E-state index is 12.6. The normalized spacial score (nSPS) is 11.3. The Morgan fingerprint density at radius 2 is 1.76 bits per heavy atom. The van der Waals surface area contributed by atoms with Crippen LogP contribution in [0.4, 0.5) is 5.82 Å². The summed E-state index contributed by atoms with van der Waals surface area (Å²) in [7, 11) is 1.55. The largest absolute Gasteiger partial charge is 0.496 e. The lowest BCUT2D eigenvalue weighted by atomic mass is 9.91. The standard InChI is InChI=1S/C27H34N4O3/c1-6-9-21-24(30-31(25(21)28)17-23(32)27(2,3)4)19-14-12-18(13-15-19)16-29-26(33)20-10-7-8-11-22(20)34-5/h7-8,10-15H,6,9,16-17,28H2,1-5H3,(H,29,33). The molecule has 34 heavy (non-hydrogen) atoms. The van der Waals surface area contributed by atoms with Gasteiger partial charge in [-0.05, 0) is 24.1 Å². The molecule has 2 aromatic carbocycles. The Kier molecular flexibility index (Phi) is 7.76. The van der Waals surface area contributed by atoms with Gasteiger partial charge in [-0.25, -0.2) is 4.68 Å². The topological polar surface area (TPSA) is 99.2 Å². The molecule has 3 aromatic rings. The fourth-order valence-electron chi connectivity index (χ4n) is 3.62. The predicted octanol–water partition coefficient (Wildman–Crippen LogP) is 4.64. The Morgan fingerprint density at radius 3 is 2.38 bits per heavy atom. The third-order valence-electron chi connectivity index (χ3n) is 5.76. The number of amides is 1. The zero-order valence-corrected chi connectivity index (χ0v) is 20.6. The van der Waals surface area contributed by atoms with Gasteiger partial charge in [-0.2, -0.15) is 5.10 Å². The maximum Gasteiger partial charge on any atom is 0.255 e. The monoisotopic (exact) mass is 462 g/mol. The SMILES string of the molecule is CCCc1c(-c2ccc(CNC(=O)c3ccccc3OC)cc2)nn(CC(=O)C(C)(C)C)c1N. The number of carbonyl (C=O) groups is 2. The van der Waals surface area contributed by atoms with Crippen LogP contribution in [0.25, 0.3) is 11.3 Å². The second kappa shape index (κ2) is 10.5. The molecule has 7 nitrogen and oxygen atoms in total. The number of Topliss-reactive ketones (excluding diaryl/α,β-unsaturated/α-hetero) is 1. The molecule has 3 N–H and O–H groups in total. The highest BCUT2D eigenvalue weighted by atomic mass is 16.5. The summed E-state index contributed by atoms with van der Waals surface area (Å²) in [4.78, 5) is 25.1. The van der Waals surface area contributed by atoms with Gasteiger partial charge in [0.15, 0.2) is 5.78 Å². The number of benzene rings is 2. The average Bonchev–Trinajstić information content (AvgIpc) is 3.12. The second-order valence-electron chi connectivity index (χ2n) is 9.37. The molecule has 180 valence electrons. The van der Waals surface area contributed by atoms with Crippen LogP contribution < -0.4 is 15.8 Å². The summed E-state index contributed by atoms with van der Waals surface area (Å²) in [6, 6.07) is 15.0. The van der Waals surface area contributed by atoms with Crippen LogP contribution in [-0.2, 0) is 24.3 Å². The first-order valence-electron chi connectivity index (χ1n) is 11.5. The highest BCUT2D eigenvalue weighted by molar-refractivity contribution is 5.96. The van der Waals surface area contributed by atoms with Gasteiger partial charge in [-0.15, -0.1) is 0 Å². The van der Waals surface area contributed by atoms with Crippen molar-refractivity contribution in [3.63, 3.8) is 0 Å². The molecule has 0 bridgehead atoms. The smallest absolute Gasteiger partial charge is 0.255 e. The predicted molar refractivity (Wildman–Crippen MR) is 135 cm³/mol. The van der Waals surface area contributed by atoms with Gasteiger partial charge >= 0.3 is 0 Å². The number of nitrogen functional groups attached to an aromatic ring is 1. The fraction of sp³-hybridized carbons (Fsp3) is 0.370. The molecule has 0 spiro atoms. The third-order valence-corrected chi connectivity index (χ3v) is 5.76. The molecule has 0 saturated heterocycles. The maximum atomic E-state index is 12.6. The van der Waals surface area contributed by atoms with Crippen molar-refractivity contribution in [2.45, 2.75) is 53.6 Å². The molecule has 0 aliphatic carbocycles. The minimum atomic E-state index is -0.459. The Balaban J connectivity index is 1.77. The molecule has 1 heterocycles. The van der Waals surface area contributed by atoms with Crippen molar-refractivity contribution in [2.75, 3.05) is 12.8 Å². The van der Waals surface area contributed by atoms with E-state index in [0.717, 1.165) is 35.2 Å². The van der Waals surface area contributed by atoms with E-state index >= 15 is 0 Å². The number of hydrogen-bond donors (Lipinski definition) is 2. The summed E-state index contributed by atoms with van der Waals surface area (Å²) < 4.78 is 6.89. The fourth-order valence-corrected chi connectivity index (χ4v) is 3.62. The van der Waals surface area contributed by atoms with E-state index in [1.807, 2.05) is 51.1 Å². The Morgan fingerprint density at radius 1 is 1.09 bits per heavy atom. The number of nitrogens with two attached hydrogens (primary N) is 1. The Labute approximate surface area is 201 Å². The molecular formula is C27H34N4O3. The van der Waals surface area contributed by atoms with E-state index in [9.17, 15) is 9.59 Å². The quantitative estimate of drug-likeness (QED) is 0.483. The van der Waals surface area contributed by atoms with Crippen molar-refractivity contribution in [1.29, 1.82) is 0 Å². The van der Waals surface area contributed by atoms with Gasteiger partial charge in [0.05, 0.1) is 18.4 Å². The number of ether oxygens (including phenoxy) is 1. The molecule has 0 radical (unpaired) electrons. The van der Waals surface area contributed by atoms with E-state index in [-0.39, 0.29) is 18.2 Å². The number of nitrogens with one attached hydrogen (secondary N) is 1. The minimum Gasteiger partial charge on any atom is -0.496 e. The molecule has 0 aliphatic heterocycles. The first kappa shape index (κ1) is 25.0. The van der Waals surface area contributed by atoms with E-state index < -0.39 is 5.41 Å². The Hall–Kier alpha value is -3.61. The van der Waals surface area contributed by atoms with Crippen LogP contribution in [0, 0.1) is 5.41 Å². The third kappa shape index (κ3) is 5.65. The minimum absolute atomic E-state index is 0.0810. The van der Waals surface area contributed by atoms with Gasteiger partial charge in [-0.3, -0.25) is 9.59 Å². The second-order valence-corrected chi connectivity index (χ2v) is 9.37.